The largest absolute Gasteiger partial charge is 0.351 e. The zero-order valence-electron chi connectivity index (χ0n) is 14.3. The Kier molecular flexibility index (Phi) is 6.06. The van der Waals surface area contributed by atoms with Crippen LogP contribution in [0.1, 0.15) is 73.6 Å². The number of amides is 1. The summed E-state index contributed by atoms with van der Waals surface area (Å²) in [7, 11) is 0. The van der Waals surface area contributed by atoms with Crippen LogP contribution in [0.25, 0.3) is 0 Å². The van der Waals surface area contributed by atoms with E-state index in [0.717, 1.165) is 12.5 Å². The molecule has 0 aromatic rings. The van der Waals surface area contributed by atoms with Crippen LogP contribution in [0.3, 0.4) is 0 Å². The lowest BCUT2D eigenvalue weighted by Gasteiger charge is -2.41. The predicted octanol–water partition coefficient (Wildman–Crippen LogP) is 3.49. The molecule has 0 heterocycles. The Bertz CT molecular complexity index is 312. The second kappa shape index (κ2) is 6.93. The second-order valence-electron chi connectivity index (χ2n) is 8.37. The van der Waals surface area contributed by atoms with Gasteiger partial charge in [-0.3, -0.25) is 4.79 Å². The zero-order chi connectivity index (χ0) is 15.4. The fourth-order valence-electron chi connectivity index (χ4n) is 3.26. The van der Waals surface area contributed by atoms with Crippen molar-refractivity contribution in [1.29, 1.82) is 0 Å². The van der Waals surface area contributed by atoms with E-state index in [1.54, 1.807) is 0 Å². The summed E-state index contributed by atoms with van der Waals surface area (Å²) >= 11 is 0. The first-order valence-electron chi connectivity index (χ1n) is 8.14. The van der Waals surface area contributed by atoms with Gasteiger partial charge in [-0.25, -0.2) is 0 Å². The Hall–Kier alpha value is -0.570. The quantitative estimate of drug-likeness (QED) is 0.829. The predicted molar refractivity (Wildman–Crippen MR) is 85.7 cm³/mol. The summed E-state index contributed by atoms with van der Waals surface area (Å²) in [4.78, 5) is 11.8. The fourth-order valence-corrected chi connectivity index (χ4v) is 3.26. The molecule has 0 saturated heterocycles. The van der Waals surface area contributed by atoms with Crippen molar-refractivity contribution in [1.82, 2.24) is 10.6 Å². The molecule has 1 fully saturated rings. The van der Waals surface area contributed by atoms with Gasteiger partial charge in [0, 0.05) is 24.5 Å². The highest BCUT2D eigenvalue weighted by atomic mass is 16.1. The summed E-state index contributed by atoms with van der Waals surface area (Å²) in [6, 6.07) is 0.575. The summed E-state index contributed by atoms with van der Waals surface area (Å²) < 4.78 is 0. The van der Waals surface area contributed by atoms with E-state index in [2.05, 4.69) is 31.4 Å². The Morgan fingerprint density at radius 2 is 1.65 bits per heavy atom. The van der Waals surface area contributed by atoms with Crippen LogP contribution in [0, 0.1) is 11.3 Å². The molecule has 0 spiro atoms. The maximum atomic E-state index is 11.8. The molecular weight excluding hydrogens is 248 g/mol. The molecule has 2 N–H and O–H groups in total. The van der Waals surface area contributed by atoms with Gasteiger partial charge in [-0.2, -0.15) is 0 Å². The van der Waals surface area contributed by atoms with Crippen LogP contribution in [-0.2, 0) is 4.79 Å². The van der Waals surface area contributed by atoms with E-state index in [1.807, 2.05) is 20.8 Å². The van der Waals surface area contributed by atoms with Crippen LogP contribution in [0.5, 0.6) is 0 Å². The minimum absolute atomic E-state index is 0.129. The number of hydrogen-bond acceptors (Lipinski definition) is 2. The first kappa shape index (κ1) is 17.5. The lowest BCUT2D eigenvalue weighted by Crippen LogP contribution is -2.46. The molecule has 0 radical (unpaired) electrons. The van der Waals surface area contributed by atoms with Gasteiger partial charge in [-0.1, -0.05) is 33.6 Å². The van der Waals surface area contributed by atoms with Crippen molar-refractivity contribution < 1.29 is 4.79 Å². The number of hydrogen-bond donors (Lipinski definition) is 2. The molecule has 0 aromatic heterocycles. The number of carbonyl (C=O) groups excluding carboxylic acids is 1. The SMILES string of the molecule is CC(C)(C)NC(=O)CCNC1CCCCC1C(C)(C)C. The van der Waals surface area contributed by atoms with E-state index in [9.17, 15) is 4.79 Å². The minimum atomic E-state index is -0.129. The molecule has 1 aliphatic carbocycles. The van der Waals surface area contributed by atoms with E-state index in [0.29, 0.717) is 17.9 Å². The van der Waals surface area contributed by atoms with Crippen molar-refractivity contribution in [2.24, 2.45) is 11.3 Å². The van der Waals surface area contributed by atoms with E-state index in [4.69, 9.17) is 0 Å². The van der Waals surface area contributed by atoms with E-state index >= 15 is 0 Å². The molecule has 20 heavy (non-hydrogen) atoms. The molecule has 1 amide bonds. The van der Waals surface area contributed by atoms with Crippen LogP contribution in [0.15, 0.2) is 0 Å². The van der Waals surface area contributed by atoms with Gasteiger partial charge >= 0.3 is 0 Å². The minimum Gasteiger partial charge on any atom is -0.351 e. The zero-order valence-corrected chi connectivity index (χ0v) is 14.3. The Labute approximate surface area is 125 Å². The monoisotopic (exact) mass is 282 g/mol. The molecule has 0 aliphatic heterocycles. The van der Waals surface area contributed by atoms with Crippen molar-refractivity contribution in [3.05, 3.63) is 0 Å². The molecule has 118 valence electrons. The fraction of sp³-hybridized carbons (Fsp3) is 0.941. The van der Waals surface area contributed by atoms with Gasteiger partial charge in [0.1, 0.15) is 0 Å². The normalized spacial score (nSPS) is 24.5. The van der Waals surface area contributed by atoms with Gasteiger partial charge in [0.2, 0.25) is 5.91 Å². The Morgan fingerprint density at radius 1 is 1.05 bits per heavy atom. The summed E-state index contributed by atoms with van der Waals surface area (Å²) in [6.07, 6.45) is 5.81. The maximum Gasteiger partial charge on any atom is 0.221 e. The molecular formula is C17H34N2O. The summed E-state index contributed by atoms with van der Waals surface area (Å²) in [5, 5.41) is 6.65. The van der Waals surface area contributed by atoms with Crippen LogP contribution in [0.4, 0.5) is 0 Å². The highest BCUT2D eigenvalue weighted by Gasteiger charge is 2.33. The third-order valence-electron chi connectivity index (χ3n) is 4.15. The standard InChI is InChI=1S/C17H34N2O/c1-16(2,3)13-9-7-8-10-14(13)18-12-11-15(20)19-17(4,5)6/h13-14,18H,7-12H2,1-6H3,(H,19,20). The Morgan fingerprint density at radius 3 is 2.20 bits per heavy atom. The number of rotatable bonds is 4. The summed E-state index contributed by atoms with van der Waals surface area (Å²) in [6.45, 7) is 13.9. The van der Waals surface area contributed by atoms with Crippen LogP contribution >= 0.6 is 0 Å². The third-order valence-corrected chi connectivity index (χ3v) is 4.15. The van der Waals surface area contributed by atoms with E-state index in [-0.39, 0.29) is 11.4 Å². The maximum absolute atomic E-state index is 11.8. The lowest BCUT2D eigenvalue weighted by molar-refractivity contribution is -0.122. The van der Waals surface area contributed by atoms with E-state index < -0.39 is 0 Å². The topological polar surface area (TPSA) is 41.1 Å². The molecule has 1 rings (SSSR count). The molecule has 3 heteroatoms. The highest BCUT2D eigenvalue weighted by Crippen LogP contribution is 2.37. The highest BCUT2D eigenvalue weighted by molar-refractivity contribution is 5.76. The second-order valence-corrected chi connectivity index (χ2v) is 8.37. The van der Waals surface area contributed by atoms with E-state index in [1.165, 1.54) is 25.7 Å². The van der Waals surface area contributed by atoms with Crippen molar-refractivity contribution >= 4 is 5.91 Å². The van der Waals surface area contributed by atoms with Crippen molar-refractivity contribution in [2.75, 3.05) is 6.54 Å². The molecule has 1 aliphatic rings. The average Bonchev–Trinajstić information content (AvgIpc) is 2.25. The molecule has 2 unspecified atom stereocenters. The first-order chi connectivity index (χ1) is 9.09. The van der Waals surface area contributed by atoms with Crippen LogP contribution in [-0.4, -0.2) is 24.0 Å². The number of nitrogens with one attached hydrogen (secondary N) is 2. The van der Waals surface area contributed by atoms with Gasteiger partial charge in [-0.15, -0.1) is 0 Å². The average molecular weight is 282 g/mol. The smallest absolute Gasteiger partial charge is 0.221 e. The molecule has 3 nitrogen and oxygen atoms in total. The first-order valence-corrected chi connectivity index (χ1v) is 8.14. The third kappa shape index (κ3) is 6.25. The van der Waals surface area contributed by atoms with Gasteiger partial charge in [0.25, 0.3) is 0 Å². The summed E-state index contributed by atoms with van der Waals surface area (Å²) in [5.41, 5.74) is 0.224. The molecule has 0 aromatic carbocycles. The lowest BCUT2D eigenvalue weighted by atomic mass is 9.69. The Balaban J connectivity index is 2.38. The van der Waals surface area contributed by atoms with Gasteiger partial charge in [0.05, 0.1) is 0 Å². The van der Waals surface area contributed by atoms with Crippen molar-refractivity contribution in [3.63, 3.8) is 0 Å². The molecule has 1 saturated carbocycles. The van der Waals surface area contributed by atoms with Crippen molar-refractivity contribution in [2.45, 2.75) is 85.2 Å². The van der Waals surface area contributed by atoms with Gasteiger partial charge in [-0.05, 0) is 44.9 Å². The van der Waals surface area contributed by atoms with Gasteiger partial charge < -0.3 is 10.6 Å². The van der Waals surface area contributed by atoms with Crippen molar-refractivity contribution in [3.8, 4) is 0 Å². The van der Waals surface area contributed by atoms with Crippen LogP contribution < -0.4 is 10.6 Å². The molecule has 0 bridgehead atoms. The number of carbonyl (C=O) groups is 1. The van der Waals surface area contributed by atoms with Crippen LogP contribution in [0.2, 0.25) is 0 Å². The van der Waals surface area contributed by atoms with Gasteiger partial charge in [0.15, 0.2) is 0 Å². The summed E-state index contributed by atoms with van der Waals surface area (Å²) in [5.74, 6) is 0.870. The molecule has 2 atom stereocenters.